The van der Waals surface area contributed by atoms with Crippen LogP contribution >= 0.6 is 0 Å². The van der Waals surface area contributed by atoms with Crippen molar-refractivity contribution in [2.24, 2.45) is 0 Å². The molecule has 1 N–H and O–H groups in total. The van der Waals surface area contributed by atoms with Crippen molar-refractivity contribution in [2.45, 2.75) is 20.4 Å². The van der Waals surface area contributed by atoms with Crippen LogP contribution in [-0.2, 0) is 6.54 Å². The van der Waals surface area contributed by atoms with Gasteiger partial charge in [0.25, 0.3) is 0 Å². The first-order valence-corrected chi connectivity index (χ1v) is 6.69. The molecule has 0 saturated carbocycles. The molecule has 2 aromatic carbocycles. The highest BCUT2D eigenvalue weighted by atomic mass is 16.6. The van der Waals surface area contributed by atoms with Gasteiger partial charge in [-0.15, -0.1) is 0 Å². The first kappa shape index (κ1) is 15.0. The van der Waals surface area contributed by atoms with E-state index in [0.717, 1.165) is 16.7 Å². The number of nitro groups is 1. The molecule has 0 radical (unpaired) electrons. The first-order valence-electron chi connectivity index (χ1n) is 6.69. The lowest BCUT2D eigenvalue weighted by Gasteiger charge is -2.13. The Morgan fingerprint density at radius 1 is 1.24 bits per heavy atom. The van der Waals surface area contributed by atoms with Crippen LogP contribution in [0.2, 0.25) is 0 Å². The first-order chi connectivity index (χ1) is 10.0. The highest BCUT2D eigenvalue weighted by Crippen LogP contribution is 2.35. The second kappa shape index (κ2) is 6.37. The van der Waals surface area contributed by atoms with Crippen LogP contribution in [0.4, 0.5) is 5.69 Å². The molecule has 0 heterocycles. The summed E-state index contributed by atoms with van der Waals surface area (Å²) >= 11 is 0. The maximum absolute atomic E-state index is 11.1. The SMILES string of the molecule is CNCc1cc(C)ccc1Oc1c(C)cccc1[N+](=O)[O-]. The third-order valence-electron chi connectivity index (χ3n) is 3.18. The van der Waals surface area contributed by atoms with E-state index in [9.17, 15) is 10.1 Å². The molecule has 0 unspecified atom stereocenters. The molecule has 5 nitrogen and oxygen atoms in total. The minimum Gasteiger partial charge on any atom is -0.450 e. The monoisotopic (exact) mass is 286 g/mol. The number of benzene rings is 2. The van der Waals surface area contributed by atoms with Crippen molar-refractivity contribution >= 4 is 5.69 Å². The summed E-state index contributed by atoms with van der Waals surface area (Å²) in [4.78, 5) is 10.7. The molecule has 0 saturated heterocycles. The van der Waals surface area contributed by atoms with E-state index in [-0.39, 0.29) is 5.69 Å². The fourth-order valence-electron chi connectivity index (χ4n) is 2.16. The largest absolute Gasteiger partial charge is 0.450 e. The van der Waals surface area contributed by atoms with E-state index >= 15 is 0 Å². The van der Waals surface area contributed by atoms with Gasteiger partial charge in [-0.3, -0.25) is 10.1 Å². The van der Waals surface area contributed by atoms with Crippen LogP contribution in [0.25, 0.3) is 0 Å². The van der Waals surface area contributed by atoms with Crippen molar-refractivity contribution in [3.05, 3.63) is 63.2 Å². The van der Waals surface area contributed by atoms with Crippen LogP contribution in [0, 0.1) is 24.0 Å². The number of para-hydroxylation sites is 1. The quantitative estimate of drug-likeness (QED) is 0.672. The van der Waals surface area contributed by atoms with Crippen LogP contribution < -0.4 is 10.1 Å². The van der Waals surface area contributed by atoms with Crippen LogP contribution in [0.1, 0.15) is 16.7 Å². The fourth-order valence-corrected chi connectivity index (χ4v) is 2.16. The zero-order valence-corrected chi connectivity index (χ0v) is 12.3. The molecule has 2 rings (SSSR count). The van der Waals surface area contributed by atoms with Crippen LogP contribution in [0.15, 0.2) is 36.4 Å². The number of nitrogens with zero attached hydrogens (tertiary/aromatic N) is 1. The van der Waals surface area contributed by atoms with Crippen molar-refractivity contribution < 1.29 is 9.66 Å². The number of nitrogens with one attached hydrogen (secondary N) is 1. The molecule has 0 bridgehead atoms. The maximum atomic E-state index is 11.1. The Kier molecular flexibility index (Phi) is 4.55. The second-order valence-electron chi connectivity index (χ2n) is 4.92. The van der Waals surface area contributed by atoms with E-state index in [0.29, 0.717) is 18.0 Å². The van der Waals surface area contributed by atoms with E-state index in [1.165, 1.54) is 6.07 Å². The van der Waals surface area contributed by atoms with Gasteiger partial charge in [-0.25, -0.2) is 0 Å². The van der Waals surface area contributed by atoms with E-state index in [4.69, 9.17) is 4.74 Å². The summed E-state index contributed by atoms with van der Waals surface area (Å²) in [5.74, 6) is 0.927. The molecule has 110 valence electrons. The predicted octanol–water partition coefficient (Wildman–Crippen LogP) is 3.72. The molecule has 21 heavy (non-hydrogen) atoms. The Bertz CT molecular complexity index is 669. The van der Waals surface area contributed by atoms with E-state index in [2.05, 4.69) is 5.32 Å². The van der Waals surface area contributed by atoms with Crippen molar-refractivity contribution in [3.8, 4) is 11.5 Å². The summed E-state index contributed by atoms with van der Waals surface area (Å²) in [5.41, 5.74) is 2.80. The Hall–Kier alpha value is -2.40. The molecule has 2 aromatic rings. The minimum absolute atomic E-state index is 0.0222. The molecule has 0 aliphatic rings. The van der Waals surface area contributed by atoms with E-state index in [1.54, 1.807) is 19.1 Å². The van der Waals surface area contributed by atoms with Gasteiger partial charge in [0.1, 0.15) is 5.75 Å². The van der Waals surface area contributed by atoms with Gasteiger partial charge in [-0.1, -0.05) is 29.8 Å². The number of nitro benzene ring substituents is 1. The van der Waals surface area contributed by atoms with Gasteiger partial charge in [-0.05, 0) is 32.5 Å². The van der Waals surface area contributed by atoms with Gasteiger partial charge in [0.05, 0.1) is 4.92 Å². The summed E-state index contributed by atoms with van der Waals surface area (Å²) < 4.78 is 5.86. The highest BCUT2D eigenvalue weighted by molar-refractivity contribution is 5.54. The number of rotatable bonds is 5. The molecular weight excluding hydrogens is 268 g/mol. The number of ether oxygens (including phenoxy) is 1. The number of hydrogen-bond donors (Lipinski definition) is 1. The van der Waals surface area contributed by atoms with E-state index < -0.39 is 4.92 Å². The topological polar surface area (TPSA) is 64.4 Å². The highest BCUT2D eigenvalue weighted by Gasteiger charge is 2.18. The van der Waals surface area contributed by atoms with Crippen molar-refractivity contribution in [2.75, 3.05) is 7.05 Å². The van der Waals surface area contributed by atoms with Crippen LogP contribution in [0.3, 0.4) is 0 Å². The second-order valence-corrected chi connectivity index (χ2v) is 4.92. The standard InChI is InChI=1S/C16H18N2O3/c1-11-7-8-15(13(9-11)10-17-3)21-16-12(2)5-4-6-14(16)18(19)20/h4-9,17H,10H2,1-3H3. The lowest BCUT2D eigenvalue weighted by Crippen LogP contribution is -2.07. The van der Waals surface area contributed by atoms with Gasteiger partial charge in [0.2, 0.25) is 5.75 Å². The zero-order valence-electron chi connectivity index (χ0n) is 12.3. The summed E-state index contributed by atoms with van der Waals surface area (Å²) in [7, 11) is 1.85. The zero-order chi connectivity index (χ0) is 15.4. The Labute approximate surface area is 123 Å². The molecule has 5 heteroatoms. The molecule has 0 spiro atoms. The summed E-state index contributed by atoms with van der Waals surface area (Å²) in [6.07, 6.45) is 0. The van der Waals surface area contributed by atoms with Gasteiger partial charge in [0, 0.05) is 18.2 Å². The Morgan fingerprint density at radius 3 is 2.67 bits per heavy atom. The number of hydrogen-bond acceptors (Lipinski definition) is 4. The lowest BCUT2D eigenvalue weighted by atomic mass is 10.1. The van der Waals surface area contributed by atoms with E-state index in [1.807, 2.05) is 32.2 Å². The predicted molar refractivity (Wildman–Crippen MR) is 81.9 cm³/mol. The summed E-state index contributed by atoms with van der Waals surface area (Å²) in [6, 6.07) is 10.7. The fraction of sp³-hybridized carbons (Fsp3) is 0.250. The van der Waals surface area contributed by atoms with Crippen LogP contribution in [-0.4, -0.2) is 12.0 Å². The van der Waals surface area contributed by atoms with Gasteiger partial charge in [-0.2, -0.15) is 0 Å². The normalized spacial score (nSPS) is 10.4. The average Bonchev–Trinajstić information content (AvgIpc) is 2.43. The molecule has 0 aliphatic carbocycles. The average molecular weight is 286 g/mol. The molecule has 0 fully saturated rings. The smallest absolute Gasteiger partial charge is 0.311 e. The van der Waals surface area contributed by atoms with Gasteiger partial charge < -0.3 is 10.1 Å². The van der Waals surface area contributed by atoms with Crippen molar-refractivity contribution in [1.29, 1.82) is 0 Å². The van der Waals surface area contributed by atoms with Gasteiger partial charge >= 0.3 is 5.69 Å². The molecular formula is C16H18N2O3. The third-order valence-corrected chi connectivity index (χ3v) is 3.18. The number of aryl methyl sites for hydroxylation is 2. The third kappa shape index (κ3) is 3.38. The molecule has 0 aliphatic heterocycles. The Morgan fingerprint density at radius 2 is 2.00 bits per heavy atom. The minimum atomic E-state index is -0.422. The molecule has 0 amide bonds. The maximum Gasteiger partial charge on any atom is 0.311 e. The van der Waals surface area contributed by atoms with Gasteiger partial charge in [0.15, 0.2) is 0 Å². The summed E-state index contributed by atoms with van der Waals surface area (Å²) in [6.45, 7) is 4.43. The van der Waals surface area contributed by atoms with Crippen molar-refractivity contribution in [3.63, 3.8) is 0 Å². The summed E-state index contributed by atoms with van der Waals surface area (Å²) in [5, 5.41) is 14.2. The molecule has 0 aromatic heterocycles. The molecule has 0 atom stereocenters. The van der Waals surface area contributed by atoms with Crippen molar-refractivity contribution in [1.82, 2.24) is 5.32 Å². The van der Waals surface area contributed by atoms with Crippen LogP contribution in [0.5, 0.6) is 11.5 Å². The Balaban J connectivity index is 2.45. The lowest BCUT2D eigenvalue weighted by molar-refractivity contribution is -0.385.